The maximum absolute atomic E-state index is 12.8. The van der Waals surface area contributed by atoms with Crippen molar-refractivity contribution in [1.29, 1.82) is 0 Å². The van der Waals surface area contributed by atoms with E-state index in [2.05, 4.69) is 10.6 Å². The normalized spacial score (nSPS) is 12.3. The van der Waals surface area contributed by atoms with E-state index in [1.165, 1.54) is 32.2 Å². The second kappa shape index (κ2) is 10.7. The zero-order valence-corrected chi connectivity index (χ0v) is 17.0. The van der Waals surface area contributed by atoms with E-state index in [1.54, 1.807) is 24.3 Å². The summed E-state index contributed by atoms with van der Waals surface area (Å²) in [6.07, 6.45) is -0.0806. The molecule has 2 atom stereocenters. The van der Waals surface area contributed by atoms with Gasteiger partial charge in [0.2, 0.25) is 11.8 Å². The molecule has 0 unspecified atom stereocenters. The monoisotopic (exact) mass is 429 g/mol. The lowest BCUT2D eigenvalue weighted by Gasteiger charge is -2.21. The number of benzene rings is 2. The highest BCUT2D eigenvalue weighted by molar-refractivity contribution is 5.90. The summed E-state index contributed by atoms with van der Waals surface area (Å²) < 4.78 is 5.16. The van der Waals surface area contributed by atoms with Gasteiger partial charge in [-0.2, -0.15) is 0 Å². The molecule has 0 aliphatic rings. The van der Waals surface area contributed by atoms with Crippen LogP contribution in [-0.4, -0.2) is 47.0 Å². The van der Waals surface area contributed by atoms with Crippen LogP contribution >= 0.6 is 0 Å². The van der Waals surface area contributed by atoms with Crippen LogP contribution in [0.15, 0.2) is 48.5 Å². The van der Waals surface area contributed by atoms with Crippen molar-refractivity contribution in [2.24, 2.45) is 0 Å². The fourth-order valence-corrected chi connectivity index (χ4v) is 3.03. The smallest absolute Gasteiger partial charge is 0.326 e. The second-order valence-electron chi connectivity index (χ2n) is 6.80. The zero-order valence-electron chi connectivity index (χ0n) is 17.0. The lowest BCUT2D eigenvalue weighted by Crippen LogP contribution is -2.52. The van der Waals surface area contributed by atoms with E-state index in [0.717, 1.165) is 5.56 Å². The van der Waals surface area contributed by atoms with E-state index in [1.807, 2.05) is 6.07 Å². The molecule has 0 aliphatic carbocycles. The largest absolute Gasteiger partial charge is 0.496 e. The maximum Gasteiger partial charge on any atom is 0.326 e. The molecule has 0 radical (unpaired) electrons. The fourth-order valence-electron chi connectivity index (χ4n) is 3.03. The van der Waals surface area contributed by atoms with Crippen molar-refractivity contribution in [2.45, 2.75) is 31.8 Å². The van der Waals surface area contributed by atoms with Crippen molar-refractivity contribution in [3.63, 3.8) is 0 Å². The lowest BCUT2D eigenvalue weighted by molar-refractivity contribution is -0.384. The number of carboxylic acids is 1. The van der Waals surface area contributed by atoms with E-state index in [0.29, 0.717) is 0 Å². The zero-order chi connectivity index (χ0) is 23.0. The van der Waals surface area contributed by atoms with Crippen LogP contribution in [0.1, 0.15) is 18.1 Å². The SMILES string of the molecule is COc1ccc([N+](=O)[O-])cc1C[C@H](NC(=O)[C@@H](Cc1ccccc1)NC(C)=O)C(=O)O. The van der Waals surface area contributed by atoms with E-state index in [9.17, 15) is 29.6 Å². The highest BCUT2D eigenvalue weighted by Crippen LogP contribution is 2.25. The molecule has 0 aliphatic heterocycles. The third-order valence-corrected chi connectivity index (χ3v) is 4.49. The highest BCUT2D eigenvalue weighted by Gasteiger charge is 2.28. The quantitative estimate of drug-likeness (QED) is 0.382. The van der Waals surface area contributed by atoms with E-state index in [-0.39, 0.29) is 29.8 Å². The van der Waals surface area contributed by atoms with Gasteiger partial charge in [-0.25, -0.2) is 4.79 Å². The molecule has 10 nitrogen and oxygen atoms in total. The molecule has 3 N–H and O–H groups in total. The lowest BCUT2D eigenvalue weighted by atomic mass is 10.0. The number of nitro groups is 1. The first-order valence-corrected chi connectivity index (χ1v) is 9.36. The van der Waals surface area contributed by atoms with Gasteiger partial charge in [0.05, 0.1) is 12.0 Å². The Balaban J connectivity index is 2.23. The Labute approximate surface area is 178 Å². The molecule has 2 aromatic rings. The van der Waals surface area contributed by atoms with Crippen LogP contribution in [0.3, 0.4) is 0 Å². The fraction of sp³-hybridized carbons (Fsp3) is 0.286. The number of ether oxygens (including phenoxy) is 1. The minimum atomic E-state index is -1.39. The summed E-state index contributed by atoms with van der Waals surface area (Å²) in [5.74, 6) is -2.20. The van der Waals surface area contributed by atoms with Crippen LogP contribution in [0, 0.1) is 10.1 Å². The number of nitrogens with zero attached hydrogens (tertiary/aromatic N) is 1. The van der Waals surface area contributed by atoms with Gasteiger partial charge in [-0.15, -0.1) is 0 Å². The van der Waals surface area contributed by atoms with Crippen LogP contribution < -0.4 is 15.4 Å². The molecule has 10 heteroatoms. The number of nitrogens with one attached hydrogen (secondary N) is 2. The molecule has 0 spiro atoms. The van der Waals surface area contributed by atoms with Crippen LogP contribution in [0.5, 0.6) is 5.75 Å². The molecular weight excluding hydrogens is 406 g/mol. The van der Waals surface area contributed by atoms with E-state index in [4.69, 9.17) is 4.74 Å². The van der Waals surface area contributed by atoms with Gasteiger partial charge in [0, 0.05) is 37.5 Å². The van der Waals surface area contributed by atoms with Crippen LogP contribution in [0.4, 0.5) is 5.69 Å². The van der Waals surface area contributed by atoms with Crippen molar-refractivity contribution in [3.05, 3.63) is 69.8 Å². The number of carbonyl (C=O) groups is 3. The third kappa shape index (κ3) is 6.81. The molecule has 2 rings (SSSR count). The maximum atomic E-state index is 12.8. The number of carbonyl (C=O) groups excluding carboxylic acids is 2. The van der Waals surface area contributed by atoms with Gasteiger partial charge in [0.15, 0.2) is 0 Å². The molecule has 0 aromatic heterocycles. The van der Waals surface area contributed by atoms with Gasteiger partial charge in [-0.1, -0.05) is 30.3 Å². The van der Waals surface area contributed by atoms with Gasteiger partial charge in [0.1, 0.15) is 17.8 Å². The molecule has 164 valence electrons. The summed E-state index contributed by atoms with van der Waals surface area (Å²) in [5.41, 5.74) is 0.804. The van der Waals surface area contributed by atoms with Crippen LogP contribution in [0.2, 0.25) is 0 Å². The van der Waals surface area contributed by atoms with Crippen molar-refractivity contribution in [1.82, 2.24) is 10.6 Å². The second-order valence-corrected chi connectivity index (χ2v) is 6.80. The topological polar surface area (TPSA) is 148 Å². The first kappa shape index (κ1) is 23.3. The number of methoxy groups -OCH3 is 1. The van der Waals surface area contributed by atoms with Crippen molar-refractivity contribution in [2.75, 3.05) is 7.11 Å². The average Bonchev–Trinajstić information content (AvgIpc) is 2.72. The third-order valence-electron chi connectivity index (χ3n) is 4.49. The Morgan fingerprint density at radius 2 is 1.74 bits per heavy atom. The Hall–Kier alpha value is -3.95. The first-order chi connectivity index (χ1) is 14.7. The van der Waals surface area contributed by atoms with Gasteiger partial charge in [0.25, 0.3) is 5.69 Å². The minimum absolute atomic E-state index is 0.165. The Morgan fingerprint density at radius 1 is 1.06 bits per heavy atom. The average molecular weight is 429 g/mol. The molecule has 31 heavy (non-hydrogen) atoms. The summed E-state index contributed by atoms with van der Waals surface area (Å²) in [6, 6.07) is 10.4. The minimum Gasteiger partial charge on any atom is -0.496 e. The van der Waals surface area contributed by atoms with Crippen LogP contribution in [0.25, 0.3) is 0 Å². The Kier molecular flexibility index (Phi) is 8.07. The number of nitro benzene ring substituents is 1. The summed E-state index contributed by atoms with van der Waals surface area (Å²) >= 11 is 0. The summed E-state index contributed by atoms with van der Waals surface area (Å²) in [7, 11) is 1.35. The molecular formula is C21H23N3O7. The predicted molar refractivity (Wildman–Crippen MR) is 111 cm³/mol. The number of hydrogen-bond donors (Lipinski definition) is 3. The number of rotatable bonds is 10. The van der Waals surface area contributed by atoms with Crippen molar-refractivity contribution in [3.8, 4) is 5.75 Å². The standard InChI is InChI=1S/C21H23N3O7/c1-13(25)22-17(10-14-6-4-3-5-7-14)20(26)23-18(21(27)28)12-15-11-16(24(29)30)8-9-19(15)31-2/h3-9,11,17-18H,10,12H2,1-2H3,(H,22,25)(H,23,26)(H,27,28)/t17-,18+/m1/s1. The number of non-ortho nitro benzene ring substituents is 1. The predicted octanol–water partition coefficient (Wildman–Crippen LogP) is 1.46. The number of carboxylic acid groups (broad SMARTS) is 1. The summed E-state index contributed by atoms with van der Waals surface area (Å²) in [5, 5.41) is 25.6. The molecule has 0 saturated carbocycles. The molecule has 2 amide bonds. The molecule has 0 heterocycles. The number of amides is 2. The van der Waals surface area contributed by atoms with Gasteiger partial charge < -0.3 is 20.5 Å². The van der Waals surface area contributed by atoms with Gasteiger partial charge >= 0.3 is 5.97 Å². The summed E-state index contributed by atoms with van der Waals surface area (Å²) in [4.78, 5) is 46.6. The molecule has 2 aromatic carbocycles. The number of aliphatic carboxylic acids is 1. The molecule has 0 saturated heterocycles. The highest BCUT2D eigenvalue weighted by atomic mass is 16.6. The van der Waals surface area contributed by atoms with Gasteiger partial charge in [-0.3, -0.25) is 19.7 Å². The van der Waals surface area contributed by atoms with Crippen molar-refractivity contribution >= 4 is 23.5 Å². The molecule has 0 bridgehead atoms. The van der Waals surface area contributed by atoms with Gasteiger partial charge in [-0.05, 0) is 11.6 Å². The number of hydrogen-bond acceptors (Lipinski definition) is 6. The van der Waals surface area contributed by atoms with E-state index < -0.39 is 34.8 Å². The molecule has 0 fully saturated rings. The first-order valence-electron chi connectivity index (χ1n) is 9.36. The Bertz CT molecular complexity index is 963. The summed E-state index contributed by atoms with van der Waals surface area (Å²) in [6.45, 7) is 1.26. The van der Waals surface area contributed by atoms with Crippen LogP contribution in [-0.2, 0) is 27.2 Å². The van der Waals surface area contributed by atoms with E-state index >= 15 is 0 Å². The van der Waals surface area contributed by atoms with Crippen molar-refractivity contribution < 1.29 is 29.2 Å². The Morgan fingerprint density at radius 3 is 2.29 bits per heavy atom.